The van der Waals surface area contributed by atoms with Crippen LogP contribution in [0.1, 0.15) is 96.5 Å². The number of furan rings is 1. The third-order valence-electron chi connectivity index (χ3n) is 13.4. The molecular formula is C57H49N3O2. The van der Waals surface area contributed by atoms with Crippen molar-refractivity contribution in [2.24, 2.45) is 10.9 Å². The third kappa shape index (κ3) is 6.42. The number of imidazole rings is 1. The van der Waals surface area contributed by atoms with Gasteiger partial charge in [-0.25, -0.2) is 4.98 Å². The van der Waals surface area contributed by atoms with Gasteiger partial charge in [-0.3, -0.25) is 14.4 Å². The molecule has 3 atom stereocenters. The second-order valence-corrected chi connectivity index (χ2v) is 17.5. The molecule has 6 aromatic carbocycles. The molecule has 3 unspecified atom stereocenters. The van der Waals surface area contributed by atoms with E-state index in [4.69, 9.17) is 14.4 Å². The summed E-state index contributed by atoms with van der Waals surface area (Å²) in [5.41, 5.74) is 17.6. The molecular weight excluding hydrogens is 759 g/mol. The highest BCUT2D eigenvalue weighted by Crippen LogP contribution is 2.48. The standard InChI is InChI=1S/C31H25NO.C26H24N2O/c1-19-16-24-8-4-5-9-25(24)26-14-12-22(17-29(19)26)20(2)32-21(3)23-13-15-28-27-10-6-7-11-30(27)33-31(28)18-23;1-16(2)18-11-14-22-23(15-18)28-24(29)20-7-5-6-8-21(20)26(4,25(28)27-22)19-12-9-17(3)10-13-19/h4-15,17-19H,2,16H2,1,3H3;5-12,14-15,19H,1,13H2,2-4H3. The number of aromatic nitrogens is 2. The predicted octanol–water partition coefficient (Wildman–Crippen LogP) is 14.3. The summed E-state index contributed by atoms with van der Waals surface area (Å²) in [6, 6.07) is 43.9. The number of benzene rings is 6. The summed E-state index contributed by atoms with van der Waals surface area (Å²) in [5, 5.41) is 2.27. The zero-order valence-corrected chi connectivity index (χ0v) is 36.0. The number of hydrogen-bond donors (Lipinski definition) is 0. The van der Waals surface area contributed by atoms with E-state index in [0.717, 1.165) is 96.4 Å². The van der Waals surface area contributed by atoms with E-state index in [9.17, 15) is 4.79 Å². The van der Waals surface area contributed by atoms with Gasteiger partial charge in [0.1, 0.15) is 17.0 Å². The Morgan fingerprint density at radius 3 is 2.32 bits per heavy atom. The molecule has 0 N–H and O–H groups in total. The summed E-state index contributed by atoms with van der Waals surface area (Å²) in [5.74, 6) is 1.54. The number of nitrogens with zero attached hydrogens (tertiary/aromatic N) is 3. The number of para-hydroxylation sites is 1. The fourth-order valence-corrected chi connectivity index (χ4v) is 9.86. The molecule has 0 saturated heterocycles. The van der Waals surface area contributed by atoms with E-state index >= 15 is 0 Å². The van der Waals surface area contributed by atoms with Crippen LogP contribution < -0.4 is 0 Å². The van der Waals surface area contributed by atoms with Gasteiger partial charge < -0.3 is 4.42 Å². The van der Waals surface area contributed by atoms with Crippen molar-refractivity contribution in [1.29, 1.82) is 0 Å². The number of carbonyl (C=O) groups excluding carboxylic acids is 1. The van der Waals surface area contributed by atoms with E-state index in [1.807, 2.05) is 73.0 Å². The molecule has 0 radical (unpaired) electrons. The maximum Gasteiger partial charge on any atom is 0.264 e. The van der Waals surface area contributed by atoms with Crippen molar-refractivity contribution < 1.29 is 9.21 Å². The molecule has 3 heterocycles. The molecule has 11 rings (SSSR count). The highest BCUT2D eigenvalue weighted by molar-refractivity contribution is 6.09. The Balaban J connectivity index is 0.000000149. The maximum absolute atomic E-state index is 13.6. The van der Waals surface area contributed by atoms with Crippen LogP contribution in [0.15, 0.2) is 174 Å². The second-order valence-electron chi connectivity index (χ2n) is 17.5. The lowest BCUT2D eigenvalue weighted by Crippen LogP contribution is -2.42. The molecule has 0 saturated carbocycles. The minimum Gasteiger partial charge on any atom is -0.456 e. The van der Waals surface area contributed by atoms with E-state index in [1.165, 1.54) is 27.8 Å². The van der Waals surface area contributed by atoms with Gasteiger partial charge in [-0.2, -0.15) is 0 Å². The van der Waals surface area contributed by atoms with E-state index < -0.39 is 0 Å². The summed E-state index contributed by atoms with van der Waals surface area (Å²) in [4.78, 5) is 23.4. The molecule has 3 aliphatic rings. The SMILES string of the molecule is C=C(C)c1ccc2nc3n(c2c1)C(=O)c1ccccc1C3(C)C1C=CC(C)=CC1.C=C(N=C(C)c1ccc2c(c1)oc1ccccc12)c1ccc2c(c1)C(C)Cc1ccccc1-2. The van der Waals surface area contributed by atoms with Gasteiger partial charge in [-0.05, 0) is 139 Å². The Bertz CT molecular complexity index is 3280. The molecule has 5 nitrogen and oxygen atoms in total. The van der Waals surface area contributed by atoms with Crippen molar-refractivity contribution in [3.8, 4) is 11.1 Å². The van der Waals surface area contributed by atoms with Crippen LogP contribution in [0.2, 0.25) is 0 Å². The molecule has 0 bridgehead atoms. The van der Waals surface area contributed by atoms with Crippen LogP contribution in [0.25, 0.3) is 55.4 Å². The van der Waals surface area contributed by atoms with Crippen molar-refractivity contribution in [2.45, 2.75) is 58.8 Å². The van der Waals surface area contributed by atoms with Crippen molar-refractivity contribution in [2.75, 3.05) is 0 Å². The molecule has 2 aromatic heterocycles. The van der Waals surface area contributed by atoms with Crippen LogP contribution in [0, 0.1) is 5.92 Å². The van der Waals surface area contributed by atoms with Crippen LogP contribution in [0.5, 0.6) is 0 Å². The minimum atomic E-state index is -0.388. The lowest BCUT2D eigenvalue weighted by Gasteiger charge is -2.40. The van der Waals surface area contributed by atoms with Crippen LogP contribution in [-0.2, 0) is 11.8 Å². The van der Waals surface area contributed by atoms with Gasteiger partial charge in [0, 0.05) is 22.0 Å². The summed E-state index contributed by atoms with van der Waals surface area (Å²) < 4.78 is 7.89. The average molecular weight is 808 g/mol. The highest BCUT2D eigenvalue weighted by Gasteiger charge is 2.47. The van der Waals surface area contributed by atoms with Crippen LogP contribution in [0.4, 0.5) is 0 Å². The third-order valence-corrected chi connectivity index (χ3v) is 13.4. The normalized spacial score (nSPS) is 19.0. The first-order valence-electron chi connectivity index (χ1n) is 21.6. The number of fused-ring (bicyclic) bond motifs is 10. The molecule has 0 spiro atoms. The largest absolute Gasteiger partial charge is 0.456 e. The number of hydrogen-bond acceptors (Lipinski definition) is 4. The zero-order chi connectivity index (χ0) is 42.9. The number of carbonyl (C=O) groups is 1. The number of aliphatic imine (C=N–C) groups is 1. The van der Waals surface area contributed by atoms with Gasteiger partial charge in [0.05, 0.1) is 22.1 Å². The summed E-state index contributed by atoms with van der Waals surface area (Å²) in [6.07, 6.45) is 8.75. The monoisotopic (exact) mass is 807 g/mol. The molecule has 304 valence electrons. The Morgan fingerprint density at radius 1 is 0.790 bits per heavy atom. The van der Waals surface area contributed by atoms with Crippen LogP contribution in [0.3, 0.4) is 0 Å². The second kappa shape index (κ2) is 15.1. The van der Waals surface area contributed by atoms with Gasteiger partial charge in [0.15, 0.2) is 0 Å². The van der Waals surface area contributed by atoms with Crippen LogP contribution >= 0.6 is 0 Å². The Labute approximate surface area is 363 Å². The molecule has 2 aliphatic carbocycles. The smallest absolute Gasteiger partial charge is 0.264 e. The van der Waals surface area contributed by atoms with Gasteiger partial charge in [0.25, 0.3) is 5.91 Å². The molecule has 0 fully saturated rings. The van der Waals surface area contributed by atoms with Crippen molar-refractivity contribution in [3.63, 3.8) is 0 Å². The minimum absolute atomic E-state index is 0.000881. The maximum atomic E-state index is 13.6. The van der Waals surface area contributed by atoms with Gasteiger partial charge in [0.2, 0.25) is 0 Å². The summed E-state index contributed by atoms with van der Waals surface area (Å²) in [7, 11) is 0. The summed E-state index contributed by atoms with van der Waals surface area (Å²) >= 11 is 0. The first-order chi connectivity index (χ1) is 30.0. The molecule has 1 aliphatic heterocycles. The van der Waals surface area contributed by atoms with Crippen molar-refractivity contribution in [1.82, 2.24) is 9.55 Å². The topological polar surface area (TPSA) is 60.4 Å². The Morgan fingerprint density at radius 2 is 1.52 bits per heavy atom. The molecule has 62 heavy (non-hydrogen) atoms. The Kier molecular flexibility index (Phi) is 9.52. The van der Waals surface area contributed by atoms with Gasteiger partial charge >= 0.3 is 0 Å². The number of allylic oxidation sites excluding steroid dienone is 5. The first-order valence-corrected chi connectivity index (χ1v) is 21.6. The average Bonchev–Trinajstić information content (AvgIpc) is 3.87. The zero-order valence-electron chi connectivity index (χ0n) is 36.0. The fraction of sp³-hybridized carbons (Fsp3) is 0.175. The molecule has 0 amide bonds. The fourth-order valence-electron chi connectivity index (χ4n) is 9.86. The molecule has 5 heteroatoms. The highest BCUT2D eigenvalue weighted by atomic mass is 16.3. The van der Waals surface area contributed by atoms with Gasteiger partial charge in [-0.1, -0.05) is 134 Å². The van der Waals surface area contributed by atoms with Crippen molar-refractivity contribution in [3.05, 3.63) is 209 Å². The van der Waals surface area contributed by atoms with Gasteiger partial charge in [-0.15, -0.1) is 0 Å². The lowest BCUT2D eigenvalue weighted by molar-refractivity contribution is 0.0942. The van der Waals surface area contributed by atoms with E-state index in [-0.39, 0.29) is 17.2 Å². The van der Waals surface area contributed by atoms with Crippen LogP contribution in [-0.4, -0.2) is 21.2 Å². The first kappa shape index (κ1) is 39.1. The van der Waals surface area contributed by atoms with E-state index in [1.54, 1.807) is 0 Å². The quantitative estimate of drug-likeness (QED) is 0.163. The summed E-state index contributed by atoms with van der Waals surface area (Å²) in [6.45, 7) is 19.0. The predicted molar refractivity (Wildman–Crippen MR) is 257 cm³/mol. The molecule has 8 aromatic rings. The van der Waals surface area contributed by atoms with E-state index in [2.05, 4.69) is 125 Å². The lowest BCUT2D eigenvalue weighted by atomic mass is 9.65. The van der Waals surface area contributed by atoms with E-state index in [0.29, 0.717) is 5.92 Å². The van der Waals surface area contributed by atoms with Crippen molar-refractivity contribution >= 4 is 55.9 Å². The Hall–Kier alpha value is -7.11. The number of rotatable bonds is 5.